The first kappa shape index (κ1) is 22.1. The molecule has 1 aliphatic rings. The molecule has 2 heterocycles. The first-order chi connectivity index (χ1) is 17.1. The van der Waals surface area contributed by atoms with Crippen molar-refractivity contribution in [2.45, 2.75) is 71.6 Å². The molecule has 0 saturated carbocycles. The van der Waals surface area contributed by atoms with Crippen LogP contribution < -0.4 is 0 Å². The zero-order valence-corrected chi connectivity index (χ0v) is 21.0. The highest BCUT2D eigenvalue weighted by Crippen LogP contribution is 2.39. The molecule has 0 bridgehead atoms. The van der Waals surface area contributed by atoms with E-state index in [4.69, 9.17) is 0 Å². The van der Waals surface area contributed by atoms with Gasteiger partial charge in [-0.2, -0.15) is 0 Å². The van der Waals surface area contributed by atoms with Crippen molar-refractivity contribution in [3.8, 4) is 22.5 Å². The van der Waals surface area contributed by atoms with Crippen molar-refractivity contribution in [1.29, 1.82) is 0 Å². The summed E-state index contributed by atoms with van der Waals surface area (Å²) >= 11 is 0. The molecule has 0 atom stereocenters. The molecule has 0 amide bonds. The molecule has 35 heavy (non-hydrogen) atoms. The molecule has 0 aliphatic heterocycles. The Kier molecular flexibility index (Phi) is 5.68. The molecule has 2 N–H and O–H groups in total. The van der Waals surface area contributed by atoms with Crippen LogP contribution in [0.15, 0.2) is 48.8 Å². The molecule has 2 aromatic heterocycles. The lowest BCUT2D eigenvalue weighted by atomic mass is 9.84. The van der Waals surface area contributed by atoms with Gasteiger partial charge >= 0.3 is 0 Å². The van der Waals surface area contributed by atoms with Crippen molar-refractivity contribution in [2.75, 3.05) is 0 Å². The molecule has 0 unspecified atom stereocenters. The maximum atomic E-state index is 4.62. The van der Waals surface area contributed by atoms with Crippen LogP contribution in [-0.4, -0.2) is 19.9 Å². The van der Waals surface area contributed by atoms with Gasteiger partial charge in [0.15, 0.2) is 0 Å². The maximum Gasteiger partial charge on any atom is 0.109 e. The Morgan fingerprint density at radius 2 is 1.29 bits per heavy atom. The van der Waals surface area contributed by atoms with E-state index < -0.39 is 0 Å². The number of hydrogen-bond acceptors (Lipinski definition) is 2. The summed E-state index contributed by atoms with van der Waals surface area (Å²) in [6.07, 6.45) is 12.4. The SMILES string of the molecule is CCc1ncc(-c2ccc3c(c2)c2c(c4cc(-c5cnc(C(C)C)[nH]5)ccc43)CCCCCC2)[nH]1. The highest BCUT2D eigenvalue weighted by Gasteiger charge is 2.18. The Bertz CT molecular complexity index is 1520. The third-order valence-electron chi connectivity index (χ3n) is 7.68. The summed E-state index contributed by atoms with van der Waals surface area (Å²) in [5.41, 5.74) is 7.77. The van der Waals surface area contributed by atoms with Crippen LogP contribution >= 0.6 is 0 Å². The van der Waals surface area contributed by atoms with Gasteiger partial charge in [0.05, 0.1) is 23.8 Å². The van der Waals surface area contributed by atoms with Crippen molar-refractivity contribution in [1.82, 2.24) is 19.9 Å². The predicted octanol–water partition coefficient (Wildman–Crippen LogP) is 8.12. The molecule has 0 spiro atoms. The predicted molar refractivity (Wildman–Crippen MR) is 146 cm³/mol. The first-order valence-electron chi connectivity index (χ1n) is 13.2. The number of aromatic nitrogens is 4. The van der Waals surface area contributed by atoms with E-state index >= 15 is 0 Å². The fourth-order valence-corrected chi connectivity index (χ4v) is 5.71. The minimum atomic E-state index is 0.394. The van der Waals surface area contributed by atoms with E-state index in [-0.39, 0.29) is 0 Å². The van der Waals surface area contributed by atoms with Crippen LogP contribution in [0.3, 0.4) is 0 Å². The summed E-state index contributed by atoms with van der Waals surface area (Å²) in [5, 5.41) is 5.54. The van der Waals surface area contributed by atoms with Crippen molar-refractivity contribution < 1.29 is 0 Å². The van der Waals surface area contributed by atoms with Crippen LogP contribution in [0, 0.1) is 0 Å². The largest absolute Gasteiger partial charge is 0.342 e. The fourth-order valence-electron chi connectivity index (χ4n) is 5.71. The van der Waals surface area contributed by atoms with E-state index in [9.17, 15) is 0 Å². The number of aromatic amines is 2. The molecule has 178 valence electrons. The normalized spacial score (nSPS) is 14.4. The Morgan fingerprint density at radius 1 is 0.714 bits per heavy atom. The highest BCUT2D eigenvalue weighted by atomic mass is 14.9. The summed E-state index contributed by atoms with van der Waals surface area (Å²) in [6.45, 7) is 6.50. The van der Waals surface area contributed by atoms with Gasteiger partial charge in [-0.3, -0.25) is 0 Å². The molecule has 0 saturated heterocycles. The molecule has 0 radical (unpaired) electrons. The number of benzene rings is 3. The summed E-state index contributed by atoms with van der Waals surface area (Å²) in [5.74, 6) is 2.48. The van der Waals surface area contributed by atoms with Crippen LogP contribution in [0.25, 0.3) is 44.1 Å². The lowest BCUT2D eigenvalue weighted by Crippen LogP contribution is -2.03. The van der Waals surface area contributed by atoms with E-state index in [2.05, 4.69) is 77.1 Å². The summed E-state index contributed by atoms with van der Waals surface area (Å²) in [4.78, 5) is 16.2. The molecular weight excluding hydrogens is 428 g/mol. The lowest BCUT2D eigenvalue weighted by Gasteiger charge is -2.21. The molecule has 3 aromatic carbocycles. The molecule has 1 aliphatic carbocycles. The summed E-state index contributed by atoms with van der Waals surface area (Å²) < 4.78 is 0. The number of fused-ring (bicyclic) bond motifs is 6. The average Bonchev–Trinajstić information content (AvgIpc) is 3.54. The minimum absolute atomic E-state index is 0.394. The smallest absolute Gasteiger partial charge is 0.109 e. The molecule has 4 heteroatoms. The number of rotatable bonds is 4. The average molecular weight is 463 g/mol. The molecule has 0 fully saturated rings. The standard InChI is InChI=1S/C31H34N4/c1-4-30-32-17-28(34-30)20-11-13-24-25-14-12-21(29-18-33-31(35-29)19(2)3)16-27(25)23-10-8-6-5-7-9-22(23)26(24)15-20/h11-19H,4-10H2,1-3H3,(H,32,34)(H,33,35). The van der Waals surface area contributed by atoms with Gasteiger partial charge < -0.3 is 9.97 Å². The number of nitrogens with one attached hydrogen (secondary N) is 2. The van der Waals surface area contributed by atoms with Crippen LogP contribution in [0.2, 0.25) is 0 Å². The second kappa shape index (κ2) is 8.99. The quantitative estimate of drug-likeness (QED) is 0.265. The molecule has 6 rings (SSSR count). The monoisotopic (exact) mass is 462 g/mol. The van der Waals surface area contributed by atoms with Gasteiger partial charge in [-0.25, -0.2) is 9.97 Å². The Labute approximate surface area is 207 Å². The fraction of sp³-hybridized carbons (Fsp3) is 0.355. The van der Waals surface area contributed by atoms with Gasteiger partial charge in [0.2, 0.25) is 0 Å². The van der Waals surface area contributed by atoms with Crippen LogP contribution in [0.5, 0.6) is 0 Å². The number of aryl methyl sites for hydroxylation is 3. The first-order valence-corrected chi connectivity index (χ1v) is 13.2. The van der Waals surface area contributed by atoms with E-state index in [1.54, 1.807) is 11.1 Å². The number of H-pyrrole nitrogens is 2. The Balaban J connectivity index is 1.57. The van der Waals surface area contributed by atoms with Gasteiger partial charge in [-0.1, -0.05) is 57.9 Å². The summed E-state index contributed by atoms with van der Waals surface area (Å²) in [7, 11) is 0. The second-order valence-corrected chi connectivity index (χ2v) is 10.3. The second-order valence-electron chi connectivity index (χ2n) is 10.3. The highest BCUT2D eigenvalue weighted by molar-refractivity contribution is 6.12. The van der Waals surface area contributed by atoms with E-state index in [1.165, 1.54) is 58.4 Å². The van der Waals surface area contributed by atoms with Crippen molar-refractivity contribution in [3.05, 3.63) is 71.6 Å². The third kappa shape index (κ3) is 3.95. The van der Waals surface area contributed by atoms with Crippen molar-refractivity contribution >= 4 is 21.5 Å². The van der Waals surface area contributed by atoms with E-state index in [0.29, 0.717) is 5.92 Å². The molecule has 4 nitrogen and oxygen atoms in total. The van der Waals surface area contributed by atoms with Crippen molar-refractivity contribution in [3.63, 3.8) is 0 Å². The van der Waals surface area contributed by atoms with Gasteiger partial charge in [0, 0.05) is 23.5 Å². The topological polar surface area (TPSA) is 57.4 Å². The van der Waals surface area contributed by atoms with Gasteiger partial charge in [-0.05, 0) is 70.5 Å². The molecular formula is C31H34N4. The minimum Gasteiger partial charge on any atom is -0.342 e. The van der Waals surface area contributed by atoms with Crippen LogP contribution in [0.1, 0.15) is 75.1 Å². The number of hydrogen-bond donors (Lipinski definition) is 2. The zero-order chi connectivity index (χ0) is 23.9. The molecule has 5 aromatic rings. The Morgan fingerprint density at radius 3 is 1.80 bits per heavy atom. The third-order valence-corrected chi connectivity index (χ3v) is 7.68. The van der Waals surface area contributed by atoms with Gasteiger partial charge in [0.1, 0.15) is 11.6 Å². The van der Waals surface area contributed by atoms with Gasteiger partial charge in [0.25, 0.3) is 0 Å². The zero-order valence-electron chi connectivity index (χ0n) is 21.0. The van der Waals surface area contributed by atoms with E-state index in [1.807, 2.05) is 12.4 Å². The van der Waals surface area contributed by atoms with Crippen molar-refractivity contribution in [2.24, 2.45) is 0 Å². The maximum absolute atomic E-state index is 4.62. The number of imidazole rings is 2. The number of nitrogens with zero attached hydrogens (tertiary/aromatic N) is 2. The van der Waals surface area contributed by atoms with Gasteiger partial charge in [-0.15, -0.1) is 0 Å². The Hall–Kier alpha value is -3.40. The summed E-state index contributed by atoms with van der Waals surface area (Å²) in [6, 6.07) is 14.0. The van der Waals surface area contributed by atoms with Crippen LogP contribution in [-0.2, 0) is 19.3 Å². The lowest BCUT2D eigenvalue weighted by molar-refractivity contribution is 0.621. The van der Waals surface area contributed by atoms with Crippen LogP contribution in [0.4, 0.5) is 0 Å². The van der Waals surface area contributed by atoms with E-state index in [0.717, 1.165) is 42.3 Å².